The quantitative estimate of drug-likeness (QED) is 0.766. The predicted molar refractivity (Wildman–Crippen MR) is 69.8 cm³/mol. The lowest BCUT2D eigenvalue weighted by atomic mass is 10.1. The molecule has 2 nitrogen and oxygen atoms in total. The van der Waals surface area contributed by atoms with Gasteiger partial charge in [0, 0.05) is 5.56 Å². The molecule has 0 bridgehead atoms. The Morgan fingerprint density at radius 1 is 1.35 bits per heavy atom. The molecule has 0 saturated carbocycles. The molecule has 0 unspecified atom stereocenters. The highest BCUT2D eigenvalue weighted by Crippen LogP contribution is 2.21. The monoisotopic (exact) mass is 246 g/mol. The number of hydrogen-bond acceptors (Lipinski definition) is 3. The summed E-state index contributed by atoms with van der Waals surface area (Å²) in [5.41, 5.74) is 2.89. The van der Waals surface area contributed by atoms with Crippen LogP contribution in [0.2, 0.25) is 0 Å². The number of carbonyl (C=O) groups is 1. The summed E-state index contributed by atoms with van der Waals surface area (Å²) < 4.78 is 5.71. The summed E-state index contributed by atoms with van der Waals surface area (Å²) in [5, 5.41) is 4.10. The average molecular weight is 246 g/mol. The van der Waals surface area contributed by atoms with Crippen molar-refractivity contribution in [1.82, 2.24) is 0 Å². The third-order valence-corrected chi connectivity index (χ3v) is 3.29. The van der Waals surface area contributed by atoms with Gasteiger partial charge in [-0.05, 0) is 60.0 Å². The van der Waals surface area contributed by atoms with Crippen molar-refractivity contribution in [2.24, 2.45) is 0 Å². The van der Waals surface area contributed by atoms with Gasteiger partial charge in [-0.3, -0.25) is 4.79 Å². The molecule has 0 aliphatic carbocycles. The second-order valence-electron chi connectivity index (χ2n) is 3.96. The van der Waals surface area contributed by atoms with Crippen molar-refractivity contribution in [1.29, 1.82) is 0 Å². The summed E-state index contributed by atoms with van der Waals surface area (Å²) in [4.78, 5) is 11.2. The molecule has 88 valence electrons. The third-order valence-electron chi connectivity index (χ3n) is 2.56. The Morgan fingerprint density at radius 3 is 2.76 bits per heavy atom. The zero-order valence-corrected chi connectivity index (χ0v) is 10.7. The zero-order chi connectivity index (χ0) is 12.3. The highest BCUT2D eigenvalue weighted by Gasteiger charge is 2.04. The first kappa shape index (κ1) is 11.9. The van der Waals surface area contributed by atoms with Crippen molar-refractivity contribution in [2.75, 3.05) is 0 Å². The molecule has 0 spiro atoms. The van der Waals surface area contributed by atoms with Crippen LogP contribution in [-0.2, 0) is 6.61 Å². The number of ether oxygens (including phenoxy) is 1. The Morgan fingerprint density at radius 2 is 2.18 bits per heavy atom. The van der Waals surface area contributed by atoms with Crippen LogP contribution in [0.3, 0.4) is 0 Å². The van der Waals surface area contributed by atoms with Gasteiger partial charge in [-0.2, -0.15) is 11.3 Å². The van der Waals surface area contributed by atoms with Crippen molar-refractivity contribution < 1.29 is 9.53 Å². The molecule has 3 heteroatoms. The molecule has 0 fully saturated rings. The van der Waals surface area contributed by atoms with Crippen LogP contribution in [0, 0.1) is 6.92 Å². The number of ketones is 1. The maximum Gasteiger partial charge on any atom is 0.159 e. The number of thiophene rings is 1. The number of hydrogen-bond donors (Lipinski definition) is 0. The topological polar surface area (TPSA) is 26.3 Å². The van der Waals surface area contributed by atoms with Crippen LogP contribution in [0.1, 0.15) is 28.4 Å². The van der Waals surface area contributed by atoms with Gasteiger partial charge in [0.05, 0.1) is 0 Å². The van der Waals surface area contributed by atoms with E-state index in [2.05, 4.69) is 5.38 Å². The molecule has 0 aliphatic rings. The van der Waals surface area contributed by atoms with Crippen LogP contribution < -0.4 is 4.74 Å². The number of benzene rings is 1. The highest BCUT2D eigenvalue weighted by atomic mass is 32.1. The largest absolute Gasteiger partial charge is 0.489 e. The SMILES string of the molecule is CC(=O)c1ccc(OCc2ccsc2)c(C)c1. The molecule has 1 heterocycles. The van der Waals surface area contributed by atoms with Gasteiger partial charge < -0.3 is 4.74 Å². The first-order valence-corrected chi connectivity index (χ1v) is 6.36. The smallest absolute Gasteiger partial charge is 0.159 e. The fourth-order valence-corrected chi connectivity index (χ4v) is 2.22. The van der Waals surface area contributed by atoms with Crippen LogP contribution in [0.25, 0.3) is 0 Å². The Bertz CT molecular complexity index is 515. The van der Waals surface area contributed by atoms with E-state index in [0.717, 1.165) is 16.9 Å². The van der Waals surface area contributed by atoms with E-state index >= 15 is 0 Å². The lowest BCUT2D eigenvalue weighted by Gasteiger charge is -2.09. The number of aryl methyl sites for hydroxylation is 1. The van der Waals surface area contributed by atoms with E-state index in [1.807, 2.05) is 30.5 Å². The minimum atomic E-state index is 0.0810. The standard InChI is InChI=1S/C14H14O2S/c1-10-7-13(11(2)15)3-4-14(10)16-8-12-5-6-17-9-12/h3-7,9H,8H2,1-2H3. The molecular formula is C14H14O2S. The van der Waals surface area contributed by atoms with Gasteiger partial charge in [0.25, 0.3) is 0 Å². The molecule has 17 heavy (non-hydrogen) atoms. The summed E-state index contributed by atoms with van der Waals surface area (Å²) >= 11 is 1.66. The molecular weight excluding hydrogens is 232 g/mol. The Labute approximate surface area is 105 Å². The normalized spacial score (nSPS) is 10.2. The van der Waals surface area contributed by atoms with Gasteiger partial charge in [-0.1, -0.05) is 0 Å². The van der Waals surface area contributed by atoms with Gasteiger partial charge >= 0.3 is 0 Å². The van der Waals surface area contributed by atoms with E-state index in [-0.39, 0.29) is 5.78 Å². The van der Waals surface area contributed by atoms with Gasteiger partial charge in [0.15, 0.2) is 5.78 Å². The number of Topliss-reactive ketones (excluding diaryl/α,β-unsaturated/α-hetero) is 1. The van der Waals surface area contributed by atoms with E-state index < -0.39 is 0 Å². The van der Waals surface area contributed by atoms with E-state index in [0.29, 0.717) is 6.61 Å². The first-order valence-electron chi connectivity index (χ1n) is 5.42. The summed E-state index contributed by atoms with van der Waals surface area (Å²) in [5.74, 6) is 0.915. The van der Waals surface area contributed by atoms with E-state index in [1.54, 1.807) is 24.3 Å². The molecule has 2 rings (SSSR count). The Balaban J connectivity index is 2.09. The van der Waals surface area contributed by atoms with E-state index in [9.17, 15) is 4.79 Å². The van der Waals surface area contributed by atoms with Gasteiger partial charge in [0.1, 0.15) is 12.4 Å². The lowest BCUT2D eigenvalue weighted by molar-refractivity contribution is 0.101. The minimum Gasteiger partial charge on any atom is -0.489 e. The number of rotatable bonds is 4. The summed E-state index contributed by atoms with van der Waals surface area (Å²) in [6.45, 7) is 4.10. The molecule has 0 aliphatic heterocycles. The van der Waals surface area contributed by atoms with Gasteiger partial charge in [-0.15, -0.1) is 0 Å². The zero-order valence-electron chi connectivity index (χ0n) is 9.90. The molecule has 0 N–H and O–H groups in total. The fourth-order valence-electron chi connectivity index (χ4n) is 1.57. The third kappa shape index (κ3) is 2.94. The second kappa shape index (κ2) is 5.15. The van der Waals surface area contributed by atoms with E-state index in [4.69, 9.17) is 4.74 Å². The second-order valence-corrected chi connectivity index (χ2v) is 4.74. The van der Waals surface area contributed by atoms with Crippen LogP contribution in [0.5, 0.6) is 5.75 Å². The van der Waals surface area contributed by atoms with Crippen molar-refractivity contribution in [3.63, 3.8) is 0 Å². The molecule has 0 radical (unpaired) electrons. The fraction of sp³-hybridized carbons (Fsp3) is 0.214. The Hall–Kier alpha value is -1.61. The van der Waals surface area contributed by atoms with Crippen molar-refractivity contribution >= 4 is 17.1 Å². The van der Waals surface area contributed by atoms with Crippen LogP contribution >= 0.6 is 11.3 Å². The lowest BCUT2D eigenvalue weighted by Crippen LogP contribution is -1.98. The molecule has 1 aromatic heterocycles. The highest BCUT2D eigenvalue weighted by molar-refractivity contribution is 7.07. The van der Waals surface area contributed by atoms with Crippen LogP contribution in [0.15, 0.2) is 35.0 Å². The van der Waals surface area contributed by atoms with Crippen molar-refractivity contribution in [3.8, 4) is 5.75 Å². The minimum absolute atomic E-state index is 0.0810. The summed E-state index contributed by atoms with van der Waals surface area (Å²) in [7, 11) is 0. The van der Waals surface area contributed by atoms with Crippen molar-refractivity contribution in [3.05, 3.63) is 51.7 Å². The van der Waals surface area contributed by atoms with E-state index in [1.165, 1.54) is 5.56 Å². The molecule has 1 aromatic carbocycles. The molecule has 2 aromatic rings. The van der Waals surface area contributed by atoms with Gasteiger partial charge in [0.2, 0.25) is 0 Å². The Kier molecular flexibility index (Phi) is 3.59. The first-order chi connectivity index (χ1) is 8.16. The predicted octanol–water partition coefficient (Wildman–Crippen LogP) is 3.84. The van der Waals surface area contributed by atoms with Crippen LogP contribution in [-0.4, -0.2) is 5.78 Å². The maximum atomic E-state index is 11.2. The molecule has 0 saturated heterocycles. The summed E-state index contributed by atoms with van der Waals surface area (Å²) in [6, 6.07) is 7.58. The van der Waals surface area contributed by atoms with Crippen LogP contribution in [0.4, 0.5) is 0 Å². The average Bonchev–Trinajstić information content (AvgIpc) is 2.80. The summed E-state index contributed by atoms with van der Waals surface area (Å²) in [6.07, 6.45) is 0. The van der Waals surface area contributed by atoms with Gasteiger partial charge in [-0.25, -0.2) is 0 Å². The molecule has 0 amide bonds. The van der Waals surface area contributed by atoms with Crippen molar-refractivity contribution in [2.45, 2.75) is 20.5 Å². The molecule has 0 atom stereocenters. The number of carbonyl (C=O) groups excluding carboxylic acids is 1. The maximum absolute atomic E-state index is 11.2.